The summed E-state index contributed by atoms with van der Waals surface area (Å²) >= 11 is 0. The molecular weight excluding hydrogens is 196 g/mol. The van der Waals surface area contributed by atoms with Crippen LogP contribution in [-0.2, 0) is 0 Å². The van der Waals surface area contributed by atoms with Crippen molar-refractivity contribution < 1.29 is 5.11 Å². The minimum Gasteiger partial charge on any atom is -0.396 e. The van der Waals surface area contributed by atoms with Gasteiger partial charge in [0.1, 0.15) is 0 Å². The van der Waals surface area contributed by atoms with Gasteiger partial charge in [-0.05, 0) is 48.3 Å². The summed E-state index contributed by atoms with van der Waals surface area (Å²) < 4.78 is 0. The predicted octanol–water partition coefficient (Wildman–Crippen LogP) is 3.39. The van der Waals surface area contributed by atoms with Crippen LogP contribution in [0.3, 0.4) is 0 Å². The van der Waals surface area contributed by atoms with Crippen LogP contribution in [0, 0.1) is 28.1 Å². The number of allylic oxidation sites excluding steroid dienone is 2. The highest BCUT2D eigenvalue weighted by molar-refractivity contribution is 5.28. The molecule has 2 bridgehead atoms. The first-order valence-electron chi connectivity index (χ1n) is 6.80. The molecule has 2 saturated carbocycles. The summed E-state index contributed by atoms with van der Waals surface area (Å²) in [7, 11) is 0. The average Bonchev–Trinajstić information content (AvgIpc) is 2.61. The van der Waals surface area contributed by atoms with Gasteiger partial charge in [-0.2, -0.15) is 0 Å². The van der Waals surface area contributed by atoms with Crippen molar-refractivity contribution in [3.05, 3.63) is 12.2 Å². The van der Waals surface area contributed by atoms with Crippen molar-refractivity contribution in [3.63, 3.8) is 0 Å². The van der Waals surface area contributed by atoms with Gasteiger partial charge in [-0.15, -0.1) is 0 Å². The first kappa shape index (κ1) is 10.8. The lowest BCUT2D eigenvalue weighted by molar-refractivity contribution is -0.113. The van der Waals surface area contributed by atoms with Crippen LogP contribution in [0.2, 0.25) is 0 Å². The van der Waals surface area contributed by atoms with Crippen molar-refractivity contribution in [2.45, 2.75) is 46.5 Å². The first-order valence-corrected chi connectivity index (χ1v) is 6.80. The summed E-state index contributed by atoms with van der Waals surface area (Å²) in [4.78, 5) is 0. The molecule has 0 saturated heterocycles. The van der Waals surface area contributed by atoms with E-state index < -0.39 is 0 Å². The number of fused-ring (bicyclic) bond motifs is 1. The van der Waals surface area contributed by atoms with Crippen LogP contribution in [0.4, 0.5) is 0 Å². The highest BCUT2D eigenvalue weighted by Gasteiger charge is 2.64. The summed E-state index contributed by atoms with van der Waals surface area (Å²) in [5.74, 6) is 1.52. The average molecular weight is 220 g/mol. The normalized spacial score (nSPS) is 59.0. The SMILES string of the molecule is CC1CCC2C13C=CC(C)(CC3)C2(C)CO. The maximum atomic E-state index is 9.93. The molecular formula is C15H24O. The fourth-order valence-electron chi connectivity index (χ4n) is 5.06. The van der Waals surface area contributed by atoms with Crippen LogP contribution < -0.4 is 0 Å². The lowest BCUT2D eigenvalue weighted by Gasteiger charge is -2.62. The van der Waals surface area contributed by atoms with Crippen LogP contribution in [0.15, 0.2) is 12.2 Å². The van der Waals surface area contributed by atoms with E-state index in [0.717, 1.165) is 5.92 Å². The summed E-state index contributed by atoms with van der Waals surface area (Å²) in [5, 5.41) is 9.93. The smallest absolute Gasteiger partial charge is 0.0495 e. The molecule has 5 atom stereocenters. The molecule has 1 nitrogen and oxygen atoms in total. The van der Waals surface area contributed by atoms with Gasteiger partial charge in [0.15, 0.2) is 0 Å². The van der Waals surface area contributed by atoms with Crippen LogP contribution in [0.1, 0.15) is 46.5 Å². The molecule has 2 fully saturated rings. The lowest BCUT2D eigenvalue weighted by Crippen LogP contribution is -2.57. The molecule has 0 aromatic heterocycles. The lowest BCUT2D eigenvalue weighted by atomic mass is 9.42. The van der Waals surface area contributed by atoms with Crippen molar-refractivity contribution in [3.8, 4) is 0 Å². The molecule has 0 radical (unpaired) electrons. The minimum absolute atomic E-state index is 0.116. The van der Waals surface area contributed by atoms with Gasteiger partial charge in [0.2, 0.25) is 0 Å². The van der Waals surface area contributed by atoms with Crippen molar-refractivity contribution in [1.82, 2.24) is 0 Å². The number of aliphatic hydroxyl groups excluding tert-OH is 1. The van der Waals surface area contributed by atoms with Crippen molar-refractivity contribution >= 4 is 0 Å². The number of hydrogen-bond acceptors (Lipinski definition) is 1. The van der Waals surface area contributed by atoms with E-state index in [1.165, 1.54) is 25.7 Å². The third-order valence-electron chi connectivity index (χ3n) is 6.70. The third kappa shape index (κ3) is 0.932. The minimum atomic E-state index is 0.116. The summed E-state index contributed by atoms with van der Waals surface area (Å²) in [6.07, 6.45) is 10.2. The molecule has 0 aliphatic heterocycles. The summed E-state index contributed by atoms with van der Waals surface area (Å²) in [6, 6.07) is 0. The van der Waals surface area contributed by atoms with E-state index in [0.29, 0.717) is 17.9 Å². The molecule has 0 heterocycles. The van der Waals surface area contributed by atoms with E-state index in [-0.39, 0.29) is 10.8 Å². The molecule has 90 valence electrons. The zero-order chi connectivity index (χ0) is 11.6. The van der Waals surface area contributed by atoms with E-state index in [4.69, 9.17) is 0 Å². The largest absolute Gasteiger partial charge is 0.396 e. The Morgan fingerprint density at radius 3 is 2.50 bits per heavy atom. The Labute approximate surface area is 98.9 Å². The third-order valence-corrected chi connectivity index (χ3v) is 6.70. The molecule has 1 heteroatoms. The summed E-state index contributed by atoms with van der Waals surface area (Å²) in [6.45, 7) is 7.45. The molecule has 4 rings (SSSR count). The van der Waals surface area contributed by atoms with Gasteiger partial charge in [0.05, 0.1) is 0 Å². The topological polar surface area (TPSA) is 20.2 Å². The second-order valence-electron chi connectivity index (χ2n) is 6.97. The van der Waals surface area contributed by atoms with Crippen molar-refractivity contribution in [1.29, 1.82) is 0 Å². The maximum Gasteiger partial charge on any atom is 0.0495 e. The standard InChI is InChI=1S/C15H24O/c1-11-4-5-12-14(3,10-16)13(2)6-8-15(11,12)9-7-13/h6,8,11-12,16H,4-5,7,9-10H2,1-3H3. The van der Waals surface area contributed by atoms with E-state index in [1.807, 2.05) is 0 Å². The fraction of sp³-hybridized carbons (Fsp3) is 0.867. The monoisotopic (exact) mass is 220 g/mol. The molecule has 4 aliphatic rings. The summed E-state index contributed by atoms with van der Waals surface area (Å²) in [5.41, 5.74) is 0.776. The number of hydrogen-bond donors (Lipinski definition) is 1. The van der Waals surface area contributed by atoms with Crippen molar-refractivity contribution in [2.75, 3.05) is 6.61 Å². The molecule has 0 aromatic rings. The highest BCUT2D eigenvalue weighted by Crippen LogP contribution is 2.71. The molecule has 1 spiro atoms. The Hall–Kier alpha value is -0.300. The van der Waals surface area contributed by atoms with E-state index >= 15 is 0 Å². The zero-order valence-corrected chi connectivity index (χ0v) is 10.8. The van der Waals surface area contributed by atoms with Gasteiger partial charge < -0.3 is 5.11 Å². The number of aliphatic hydroxyl groups is 1. The molecule has 0 aromatic carbocycles. The van der Waals surface area contributed by atoms with Gasteiger partial charge in [-0.25, -0.2) is 0 Å². The van der Waals surface area contributed by atoms with Gasteiger partial charge in [-0.3, -0.25) is 0 Å². The quantitative estimate of drug-likeness (QED) is 0.672. The van der Waals surface area contributed by atoms with Gasteiger partial charge >= 0.3 is 0 Å². The molecule has 4 aliphatic carbocycles. The molecule has 16 heavy (non-hydrogen) atoms. The first-order chi connectivity index (χ1) is 7.48. The van der Waals surface area contributed by atoms with Crippen LogP contribution in [-0.4, -0.2) is 11.7 Å². The van der Waals surface area contributed by atoms with E-state index in [9.17, 15) is 5.11 Å². The Bertz CT molecular complexity index is 347. The number of rotatable bonds is 1. The van der Waals surface area contributed by atoms with Crippen LogP contribution in [0.25, 0.3) is 0 Å². The second kappa shape index (κ2) is 2.93. The second-order valence-corrected chi connectivity index (χ2v) is 6.97. The molecule has 1 N–H and O–H groups in total. The zero-order valence-electron chi connectivity index (χ0n) is 10.8. The van der Waals surface area contributed by atoms with Crippen LogP contribution >= 0.6 is 0 Å². The van der Waals surface area contributed by atoms with Crippen LogP contribution in [0.5, 0.6) is 0 Å². The van der Waals surface area contributed by atoms with Crippen molar-refractivity contribution in [2.24, 2.45) is 28.1 Å². The van der Waals surface area contributed by atoms with Gasteiger partial charge in [0, 0.05) is 12.0 Å². The highest BCUT2D eigenvalue weighted by atomic mass is 16.3. The Kier molecular flexibility index (Phi) is 1.98. The van der Waals surface area contributed by atoms with E-state index in [2.05, 4.69) is 32.9 Å². The van der Waals surface area contributed by atoms with Gasteiger partial charge in [-0.1, -0.05) is 32.9 Å². The van der Waals surface area contributed by atoms with E-state index in [1.54, 1.807) is 0 Å². The fourth-order valence-corrected chi connectivity index (χ4v) is 5.06. The Morgan fingerprint density at radius 2 is 1.94 bits per heavy atom. The predicted molar refractivity (Wildman–Crippen MR) is 66.0 cm³/mol. The maximum absolute atomic E-state index is 9.93. The molecule has 0 amide bonds. The Morgan fingerprint density at radius 1 is 1.19 bits per heavy atom. The van der Waals surface area contributed by atoms with Gasteiger partial charge in [0.25, 0.3) is 0 Å². The molecule has 5 unspecified atom stereocenters. The Balaban J connectivity index is 2.16.